The van der Waals surface area contributed by atoms with Gasteiger partial charge in [0.2, 0.25) is 6.33 Å². The third-order valence-electron chi connectivity index (χ3n) is 2.53. The molecule has 84 valence electrons. The molecule has 0 unspecified atom stereocenters. The zero-order valence-corrected chi connectivity index (χ0v) is 9.93. The number of hydrogen-bond donors (Lipinski definition) is 0. The number of nitrogens with zero attached hydrogens (tertiary/aromatic N) is 3. The molecule has 0 aliphatic carbocycles. The highest BCUT2D eigenvalue weighted by molar-refractivity contribution is 5.21. The average molecular weight is 216 g/mol. The summed E-state index contributed by atoms with van der Waals surface area (Å²) in [5.74, 6) is 0. The lowest BCUT2D eigenvalue weighted by molar-refractivity contribution is -0.689. The third kappa shape index (κ3) is 2.69. The first-order chi connectivity index (χ1) is 7.78. The van der Waals surface area contributed by atoms with E-state index in [4.69, 9.17) is 0 Å². The lowest BCUT2D eigenvalue weighted by Crippen LogP contribution is -2.31. The summed E-state index contributed by atoms with van der Waals surface area (Å²) in [6, 6.07) is 8.58. The van der Waals surface area contributed by atoms with Gasteiger partial charge >= 0.3 is 0 Å². The topological polar surface area (TPSA) is 21.7 Å². The molecule has 0 fully saturated rings. The predicted octanol–water partition coefficient (Wildman–Crippen LogP) is 1.94. The van der Waals surface area contributed by atoms with E-state index in [1.165, 1.54) is 11.1 Å². The van der Waals surface area contributed by atoms with E-state index in [0.29, 0.717) is 0 Å². The molecule has 0 bridgehead atoms. The molecule has 2 rings (SSSR count). The summed E-state index contributed by atoms with van der Waals surface area (Å²) in [7, 11) is 0. The van der Waals surface area contributed by atoms with Gasteiger partial charge in [-0.15, -0.1) is 4.68 Å². The van der Waals surface area contributed by atoms with E-state index >= 15 is 0 Å². The zero-order chi connectivity index (χ0) is 11.4. The van der Waals surface area contributed by atoms with Gasteiger partial charge in [0.25, 0.3) is 6.33 Å². The molecule has 0 spiro atoms. The largest absolute Gasteiger partial charge is 0.265 e. The number of hydrogen-bond acceptors (Lipinski definition) is 1. The molecule has 2 aromatic rings. The monoisotopic (exact) mass is 216 g/mol. The highest BCUT2D eigenvalue weighted by Gasteiger charge is 2.05. The Labute approximate surface area is 96.4 Å². The van der Waals surface area contributed by atoms with Gasteiger partial charge in [-0.05, 0) is 18.9 Å². The summed E-state index contributed by atoms with van der Waals surface area (Å²) >= 11 is 0. The second kappa shape index (κ2) is 4.92. The number of rotatable bonds is 4. The fourth-order valence-corrected chi connectivity index (χ4v) is 1.81. The van der Waals surface area contributed by atoms with Crippen LogP contribution in [0.5, 0.6) is 0 Å². The first-order valence-corrected chi connectivity index (χ1v) is 5.75. The first kappa shape index (κ1) is 10.9. The lowest BCUT2D eigenvalue weighted by atomic mass is 10.1. The molecular weight excluding hydrogens is 198 g/mol. The highest BCUT2D eigenvalue weighted by atomic mass is 15.3. The SMILES string of the molecule is CCCn1c[n+](Cc2cccc(C)c2)cn1. The van der Waals surface area contributed by atoms with Crippen molar-refractivity contribution >= 4 is 0 Å². The Balaban J connectivity index is 2.08. The van der Waals surface area contributed by atoms with Crippen molar-refractivity contribution in [2.24, 2.45) is 0 Å². The maximum Gasteiger partial charge on any atom is 0.265 e. The molecular formula is C13H18N3+. The summed E-state index contributed by atoms with van der Waals surface area (Å²) in [5, 5.41) is 4.30. The number of benzene rings is 1. The second-order valence-corrected chi connectivity index (χ2v) is 4.17. The molecule has 1 aromatic carbocycles. The van der Waals surface area contributed by atoms with E-state index in [9.17, 15) is 0 Å². The first-order valence-electron chi connectivity index (χ1n) is 5.75. The molecule has 0 aliphatic rings. The average Bonchev–Trinajstić information content (AvgIpc) is 2.66. The van der Waals surface area contributed by atoms with E-state index in [2.05, 4.69) is 54.1 Å². The van der Waals surface area contributed by atoms with Crippen molar-refractivity contribution in [1.29, 1.82) is 0 Å². The van der Waals surface area contributed by atoms with Crippen LogP contribution in [0.3, 0.4) is 0 Å². The Bertz CT molecular complexity index is 460. The van der Waals surface area contributed by atoms with Crippen molar-refractivity contribution in [3.05, 3.63) is 48.0 Å². The van der Waals surface area contributed by atoms with Gasteiger partial charge in [-0.3, -0.25) is 0 Å². The van der Waals surface area contributed by atoms with E-state index in [1.54, 1.807) is 0 Å². The molecule has 0 aliphatic heterocycles. The molecule has 0 radical (unpaired) electrons. The van der Waals surface area contributed by atoms with Crippen molar-refractivity contribution in [3.63, 3.8) is 0 Å². The van der Waals surface area contributed by atoms with Crippen LogP contribution in [0.1, 0.15) is 24.5 Å². The van der Waals surface area contributed by atoms with E-state index < -0.39 is 0 Å². The van der Waals surface area contributed by atoms with Crippen molar-refractivity contribution in [2.45, 2.75) is 33.4 Å². The summed E-state index contributed by atoms with van der Waals surface area (Å²) in [4.78, 5) is 0. The Morgan fingerprint density at radius 2 is 2.25 bits per heavy atom. The van der Waals surface area contributed by atoms with Crippen molar-refractivity contribution in [3.8, 4) is 0 Å². The van der Waals surface area contributed by atoms with Crippen molar-refractivity contribution in [2.75, 3.05) is 0 Å². The molecule has 0 amide bonds. The quantitative estimate of drug-likeness (QED) is 0.716. The second-order valence-electron chi connectivity index (χ2n) is 4.17. The van der Waals surface area contributed by atoms with Gasteiger partial charge in [0.1, 0.15) is 6.54 Å². The standard InChI is InChI=1S/C13H18N3/c1-3-7-16-11-15(10-14-16)9-13-6-4-5-12(2)8-13/h4-6,8,10-11H,3,7,9H2,1-2H3/q+1. The minimum Gasteiger partial charge on any atom is -0.233 e. The highest BCUT2D eigenvalue weighted by Crippen LogP contribution is 2.02. The summed E-state index contributed by atoms with van der Waals surface area (Å²) in [5.41, 5.74) is 2.63. The molecule has 0 saturated heterocycles. The number of aryl methyl sites for hydroxylation is 2. The Kier molecular flexibility index (Phi) is 3.34. The van der Waals surface area contributed by atoms with Crippen LogP contribution < -0.4 is 4.57 Å². The molecule has 1 heterocycles. The van der Waals surface area contributed by atoms with Gasteiger partial charge in [0.05, 0.1) is 6.54 Å². The smallest absolute Gasteiger partial charge is 0.233 e. The van der Waals surface area contributed by atoms with Crippen molar-refractivity contribution in [1.82, 2.24) is 9.78 Å². The van der Waals surface area contributed by atoms with Crippen molar-refractivity contribution < 1.29 is 4.57 Å². The van der Waals surface area contributed by atoms with Crippen LogP contribution in [0, 0.1) is 6.92 Å². The zero-order valence-electron chi connectivity index (χ0n) is 9.93. The van der Waals surface area contributed by atoms with Crippen LogP contribution in [0.25, 0.3) is 0 Å². The van der Waals surface area contributed by atoms with Crippen LogP contribution in [-0.2, 0) is 13.1 Å². The van der Waals surface area contributed by atoms with E-state index in [0.717, 1.165) is 19.5 Å². The number of aromatic nitrogens is 3. The Morgan fingerprint density at radius 3 is 3.00 bits per heavy atom. The van der Waals surface area contributed by atoms with Gasteiger partial charge < -0.3 is 0 Å². The maximum atomic E-state index is 4.30. The molecule has 0 saturated carbocycles. The van der Waals surface area contributed by atoms with Crippen LogP contribution >= 0.6 is 0 Å². The molecule has 0 N–H and O–H groups in total. The van der Waals surface area contributed by atoms with Gasteiger partial charge in [-0.25, -0.2) is 4.57 Å². The van der Waals surface area contributed by atoms with Gasteiger partial charge in [-0.2, -0.15) is 0 Å². The molecule has 1 aromatic heterocycles. The minimum atomic E-state index is 0.894. The molecule has 16 heavy (non-hydrogen) atoms. The molecule has 3 heteroatoms. The summed E-state index contributed by atoms with van der Waals surface area (Å²) in [6.45, 7) is 6.16. The fourth-order valence-electron chi connectivity index (χ4n) is 1.81. The fraction of sp³-hybridized carbons (Fsp3) is 0.385. The van der Waals surface area contributed by atoms with Crippen LogP contribution in [0.4, 0.5) is 0 Å². The molecule has 0 atom stereocenters. The molecule has 3 nitrogen and oxygen atoms in total. The normalized spacial score (nSPS) is 10.6. The predicted molar refractivity (Wildman–Crippen MR) is 63.0 cm³/mol. The lowest BCUT2D eigenvalue weighted by Gasteiger charge is -1.99. The maximum absolute atomic E-state index is 4.30. The summed E-state index contributed by atoms with van der Waals surface area (Å²) < 4.78 is 4.10. The van der Waals surface area contributed by atoms with Gasteiger partial charge in [0.15, 0.2) is 0 Å². The van der Waals surface area contributed by atoms with E-state index in [-0.39, 0.29) is 0 Å². The minimum absolute atomic E-state index is 0.894. The van der Waals surface area contributed by atoms with Crippen LogP contribution in [0.15, 0.2) is 36.9 Å². The van der Waals surface area contributed by atoms with Gasteiger partial charge in [-0.1, -0.05) is 36.8 Å². The summed E-state index contributed by atoms with van der Waals surface area (Å²) in [6.07, 6.45) is 5.07. The van der Waals surface area contributed by atoms with Crippen LogP contribution in [-0.4, -0.2) is 9.78 Å². The third-order valence-corrected chi connectivity index (χ3v) is 2.53. The Morgan fingerprint density at radius 1 is 1.38 bits per heavy atom. The van der Waals surface area contributed by atoms with Crippen LogP contribution in [0.2, 0.25) is 0 Å². The Hall–Kier alpha value is -1.64. The van der Waals surface area contributed by atoms with Gasteiger partial charge in [0, 0.05) is 5.10 Å². The van der Waals surface area contributed by atoms with E-state index in [1.807, 2.05) is 11.0 Å².